The van der Waals surface area contributed by atoms with Gasteiger partial charge in [-0.05, 0) is 20.3 Å². The van der Waals surface area contributed by atoms with Gasteiger partial charge in [0.15, 0.2) is 0 Å². The number of rotatable bonds is 3. The fourth-order valence-corrected chi connectivity index (χ4v) is 0.938. The van der Waals surface area contributed by atoms with Crippen molar-refractivity contribution in [1.82, 2.24) is 10.2 Å². The maximum absolute atomic E-state index is 10.1. The number of hydrogen-bond acceptors (Lipinski definition) is 2. The van der Waals surface area contributed by atoms with Crippen LogP contribution in [0, 0.1) is 0 Å². The van der Waals surface area contributed by atoms with Crippen LogP contribution in [0.25, 0.3) is 0 Å². The predicted molar refractivity (Wildman–Crippen MR) is 51.2 cm³/mol. The van der Waals surface area contributed by atoms with Gasteiger partial charge < -0.3 is 10.2 Å². The zero-order valence-corrected chi connectivity index (χ0v) is 8.38. The molecule has 0 bridgehead atoms. The molecule has 2 amide bonds. The summed E-state index contributed by atoms with van der Waals surface area (Å²) < 4.78 is 0. The van der Waals surface area contributed by atoms with Gasteiger partial charge in [-0.3, -0.25) is 9.59 Å². The van der Waals surface area contributed by atoms with Crippen molar-refractivity contribution in [2.45, 2.75) is 26.7 Å². The van der Waals surface area contributed by atoms with Crippen molar-refractivity contribution in [3.05, 3.63) is 0 Å². The van der Waals surface area contributed by atoms with E-state index in [-0.39, 0.29) is 5.91 Å². The molecule has 0 aromatic rings. The van der Waals surface area contributed by atoms with Crippen molar-refractivity contribution in [2.24, 2.45) is 0 Å². The third-order valence-corrected chi connectivity index (χ3v) is 1.86. The van der Waals surface area contributed by atoms with E-state index in [1.807, 2.05) is 13.8 Å². The first-order valence-corrected chi connectivity index (χ1v) is 4.70. The number of nitrogens with one attached hydrogen (secondary N) is 1. The molecule has 1 aliphatic heterocycles. The Balaban J connectivity index is 0.000000223. The molecule has 0 radical (unpaired) electrons. The maximum Gasteiger partial charge on any atom is 0.220 e. The fourth-order valence-electron chi connectivity index (χ4n) is 0.938. The van der Waals surface area contributed by atoms with Crippen LogP contribution >= 0.6 is 0 Å². The molecule has 1 fully saturated rings. The van der Waals surface area contributed by atoms with E-state index < -0.39 is 0 Å². The van der Waals surface area contributed by atoms with Gasteiger partial charge in [0.25, 0.3) is 0 Å². The van der Waals surface area contributed by atoms with Crippen LogP contribution < -0.4 is 5.32 Å². The number of amides is 2. The molecule has 0 unspecified atom stereocenters. The van der Waals surface area contributed by atoms with Crippen LogP contribution in [0.4, 0.5) is 0 Å². The fraction of sp³-hybridized carbons (Fsp3) is 0.778. The number of carbonyl (C=O) groups excluding carboxylic acids is 2. The van der Waals surface area contributed by atoms with Crippen molar-refractivity contribution in [1.29, 1.82) is 0 Å². The Morgan fingerprint density at radius 3 is 2.15 bits per heavy atom. The smallest absolute Gasteiger partial charge is 0.220 e. The highest BCUT2D eigenvalue weighted by molar-refractivity contribution is 5.77. The Labute approximate surface area is 79.3 Å². The van der Waals surface area contributed by atoms with Gasteiger partial charge in [-0.25, -0.2) is 0 Å². The monoisotopic (exact) mass is 186 g/mol. The second-order valence-corrected chi connectivity index (χ2v) is 2.78. The molecule has 0 spiro atoms. The molecule has 4 heteroatoms. The number of hydrogen-bond donors (Lipinski definition) is 1. The van der Waals surface area contributed by atoms with Crippen LogP contribution in [0.15, 0.2) is 0 Å². The molecule has 1 aliphatic rings. The second kappa shape index (κ2) is 7.58. The van der Waals surface area contributed by atoms with E-state index in [1.165, 1.54) is 0 Å². The van der Waals surface area contributed by atoms with Crippen LogP contribution in [-0.2, 0) is 9.59 Å². The summed E-state index contributed by atoms with van der Waals surface area (Å²) >= 11 is 0. The summed E-state index contributed by atoms with van der Waals surface area (Å²) in [7, 11) is 0. The summed E-state index contributed by atoms with van der Waals surface area (Å²) in [5, 5.41) is 2.68. The van der Waals surface area contributed by atoms with Crippen LogP contribution in [0.3, 0.4) is 0 Å². The molecule has 0 aromatic heterocycles. The van der Waals surface area contributed by atoms with Gasteiger partial charge in [0.1, 0.15) is 0 Å². The minimum Gasteiger partial charge on any atom is -0.356 e. The molecular formula is C9H18N2O2. The van der Waals surface area contributed by atoms with Crippen LogP contribution in [0.2, 0.25) is 0 Å². The molecule has 0 atom stereocenters. The van der Waals surface area contributed by atoms with E-state index >= 15 is 0 Å². The molecule has 1 heterocycles. The first-order valence-electron chi connectivity index (χ1n) is 4.70. The number of carbonyl (C=O) groups is 2. The lowest BCUT2D eigenvalue weighted by Crippen LogP contribution is -2.19. The molecule has 4 nitrogen and oxygen atoms in total. The minimum absolute atomic E-state index is 0.204. The Hall–Kier alpha value is -1.06. The minimum atomic E-state index is 0.204. The lowest BCUT2D eigenvalue weighted by molar-refractivity contribution is -0.119. The highest BCUT2D eigenvalue weighted by atomic mass is 16.1. The van der Waals surface area contributed by atoms with Crippen LogP contribution in [0.1, 0.15) is 26.7 Å². The zero-order chi connectivity index (χ0) is 10.1. The van der Waals surface area contributed by atoms with Gasteiger partial charge in [0.05, 0.1) is 0 Å². The zero-order valence-electron chi connectivity index (χ0n) is 8.38. The van der Waals surface area contributed by atoms with E-state index in [0.717, 1.165) is 38.9 Å². The van der Waals surface area contributed by atoms with E-state index in [9.17, 15) is 9.59 Å². The first kappa shape index (κ1) is 11.9. The van der Waals surface area contributed by atoms with Gasteiger partial charge in [0.2, 0.25) is 12.3 Å². The van der Waals surface area contributed by atoms with Crippen molar-refractivity contribution < 1.29 is 9.59 Å². The van der Waals surface area contributed by atoms with Crippen molar-refractivity contribution in [3.8, 4) is 0 Å². The molecule has 76 valence electrons. The molecule has 1 N–H and O–H groups in total. The SMILES string of the molecule is CCN(C=O)CC.O=C1CCCN1. The summed E-state index contributed by atoms with van der Waals surface area (Å²) in [6.07, 6.45) is 2.62. The van der Waals surface area contributed by atoms with Crippen molar-refractivity contribution >= 4 is 12.3 Å². The Morgan fingerprint density at radius 2 is 2.08 bits per heavy atom. The first-order chi connectivity index (χ1) is 6.24. The molecule has 0 aromatic carbocycles. The van der Waals surface area contributed by atoms with Crippen LogP contribution in [0.5, 0.6) is 0 Å². The largest absolute Gasteiger partial charge is 0.356 e. The summed E-state index contributed by atoms with van der Waals surface area (Å²) in [6.45, 7) is 6.44. The summed E-state index contributed by atoms with van der Waals surface area (Å²) in [4.78, 5) is 21.7. The van der Waals surface area contributed by atoms with Gasteiger partial charge in [-0.15, -0.1) is 0 Å². The molecule has 1 rings (SSSR count). The second-order valence-electron chi connectivity index (χ2n) is 2.78. The highest BCUT2D eigenvalue weighted by Crippen LogP contribution is 1.93. The van der Waals surface area contributed by atoms with Crippen LogP contribution in [-0.4, -0.2) is 36.9 Å². The van der Waals surface area contributed by atoms with Crippen molar-refractivity contribution in [2.75, 3.05) is 19.6 Å². The van der Waals surface area contributed by atoms with E-state index in [1.54, 1.807) is 4.90 Å². The lowest BCUT2D eigenvalue weighted by atomic mass is 10.4. The summed E-state index contributed by atoms with van der Waals surface area (Å²) in [5.41, 5.74) is 0. The predicted octanol–water partition coefficient (Wildman–Crippen LogP) is 0.381. The van der Waals surface area contributed by atoms with E-state index in [2.05, 4.69) is 5.32 Å². The van der Waals surface area contributed by atoms with Gasteiger partial charge in [-0.1, -0.05) is 0 Å². The normalized spacial score (nSPS) is 14.2. The molecule has 0 aliphatic carbocycles. The highest BCUT2D eigenvalue weighted by Gasteiger charge is 2.05. The van der Waals surface area contributed by atoms with E-state index in [0.29, 0.717) is 0 Å². The van der Waals surface area contributed by atoms with Gasteiger partial charge in [-0.2, -0.15) is 0 Å². The van der Waals surface area contributed by atoms with Gasteiger partial charge >= 0.3 is 0 Å². The standard InChI is InChI=1S/C5H11NO.C4H7NO/c1-3-6(4-2)5-7;6-4-2-1-3-5-4/h5H,3-4H2,1-2H3;1-3H2,(H,5,6). The molecular weight excluding hydrogens is 168 g/mol. The van der Waals surface area contributed by atoms with Gasteiger partial charge in [0, 0.05) is 26.1 Å². The molecule has 1 saturated heterocycles. The summed E-state index contributed by atoms with van der Waals surface area (Å²) in [5.74, 6) is 0.204. The Kier molecular flexibility index (Phi) is 6.96. The van der Waals surface area contributed by atoms with E-state index in [4.69, 9.17) is 0 Å². The molecule has 13 heavy (non-hydrogen) atoms. The molecule has 0 saturated carbocycles. The number of nitrogens with zero attached hydrogens (tertiary/aromatic N) is 1. The third kappa shape index (κ3) is 6.13. The average molecular weight is 186 g/mol. The average Bonchev–Trinajstić information content (AvgIpc) is 2.60. The van der Waals surface area contributed by atoms with Crippen molar-refractivity contribution in [3.63, 3.8) is 0 Å². The topological polar surface area (TPSA) is 49.4 Å². The lowest BCUT2D eigenvalue weighted by Gasteiger charge is -2.08. The summed E-state index contributed by atoms with van der Waals surface area (Å²) in [6, 6.07) is 0. The third-order valence-electron chi connectivity index (χ3n) is 1.86. The Morgan fingerprint density at radius 1 is 1.46 bits per heavy atom. The Bertz CT molecular complexity index is 148. The quantitative estimate of drug-likeness (QED) is 0.648. The maximum atomic E-state index is 10.1.